The highest BCUT2D eigenvalue weighted by molar-refractivity contribution is 5.98. The minimum absolute atomic E-state index is 0.286. The van der Waals surface area contributed by atoms with Gasteiger partial charge in [-0.1, -0.05) is 25.3 Å². The number of carboxylic acid groups (broad SMARTS) is 1. The maximum absolute atomic E-state index is 12.9. The number of ether oxygens (including phenoxy) is 2. The van der Waals surface area contributed by atoms with Gasteiger partial charge in [0, 0.05) is 32.7 Å². The van der Waals surface area contributed by atoms with Crippen molar-refractivity contribution in [2.75, 3.05) is 27.4 Å². The Morgan fingerprint density at radius 1 is 1.20 bits per heavy atom. The fraction of sp³-hybridized carbons (Fsp3) is 0.579. The Hall–Kier alpha value is -2.08. The molecule has 1 aliphatic carbocycles. The third-order valence-electron chi connectivity index (χ3n) is 4.87. The molecule has 1 aliphatic rings. The van der Waals surface area contributed by atoms with Gasteiger partial charge >= 0.3 is 5.97 Å². The largest absolute Gasteiger partial charge is 0.493 e. The van der Waals surface area contributed by atoms with Crippen LogP contribution < -0.4 is 4.74 Å². The van der Waals surface area contributed by atoms with Crippen LogP contribution in [0.15, 0.2) is 24.3 Å². The number of amides is 1. The molecule has 1 aromatic carbocycles. The molecule has 6 heteroatoms. The van der Waals surface area contributed by atoms with Crippen LogP contribution in [0, 0.1) is 0 Å². The molecule has 1 N–H and O–H groups in total. The van der Waals surface area contributed by atoms with E-state index >= 15 is 0 Å². The highest BCUT2D eigenvalue weighted by Crippen LogP contribution is 2.34. The van der Waals surface area contributed by atoms with E-state index in [9.17, 15) is 14.7 Å². The van der Waals surface area contributed by atoms with Crippen molar-refractivity contribution < 1.29 is 24.2 Å². The van der Waals surface area contributed by atoms with E-state index in [4.69, 9.17) is 9.47 Å². The van der Waals surface area contributed by atoms with Crippen molar-refractivity contribution >= 4 is 11.9 Å². The maximum atomic E-state index is 12.9. The van der Waals surface area contributed by atoms with Crippen LogP contribution >= 0.6 is 0 Å². The molecule has 1 aromatic rings. The van der Waals surface area contributed by atoms with Crippen LogP contribution in [0.25, 0.3) is 0 Å². The fourth-order valence-corrected chi connectivity index (χ4v) is 3.33. The van der Waals surface area contributed by atoms with Crippen molar-refractivity contribution in [3.8, 4) is 5.75 Å². The molecule has 138 valence electrons. The zero-order valence-corrected chi connectivity index (χ0v) is 15.0. The molecule has 0 unspecified atom stereocenters. The van der Waals surface area contributed by atoms with Crippen LogP contribution in [0.2, 0.25) is 0 Å². The number of benzene rings is 1. The van der Waals surface area contributed by atoms with Gasteiger partial charge in [-0.05, 0) is 31.0 Å². The number of aliphatic carboxylic acids is 1. The van der Waals surface area contributed by atoms with Crippen molar-refractivity contribution in [3.63, 3.8) is 0 Å². The van der Waals surface area contributed by atoms with Gasteiger partial charge in [-0.25, -0.2) is 4.79 Å². The molecule has 0 aliphatic heterocycles. The summed E-state index contributed by atoms with van der Waals surface area (Å²) < 4.78 is 10.6. The molecule has 0 saturated heterocycles. The van der Waals surface area contributed by atoms with E-state index in [2.05, 4.69) is 0 Å². The van der Waals surface area contributed by atoms with Crippen LogP contribution in [0.3, 0.4) is 0 Å². The molecule has 0 atom stereocenters. The van der Waals surface area contributed by atoms with Gasteiger partial charge in [-0.2, -0.15) is 0 Å². The lowest BCUT2D eigenvalue weighted by Gasteiger charge is -2.41. The van der Waals surface area contributed by atoms with Gasteiger partial charge in [-0.3, -0.25) is 4.79 Å². The topological polar surface area (TPSA) is 76.1 Å². The summed E-state index contributed by atoms with van der Waals surface area (Å²) in [5.41, 5.74) is -0.664. The normalized spacial score (nSPS) is 16.2. The van der Waals surface area contributed by atoms with E-state index in [1.165, 1.54) is 4.90 Å². The van der Waals surface area contributed by atoms with Gasteiger partial charge in [0.05, 0.1) is 6.61 Å². The van der Waals surface area contributed by atoms with Crippen LogP contribution in [0.4, 0.5) is 0 Å². The Balaban J connectivity index is 2.11. The lowest BCUT2D eigenvalue weighted by atomic mass is 9.80. The zero-order valence-electron chi connectivity index (χ0n) is 15.0. The molecule has 0 radical (unpaired) electrons. The summed E-state index contributed by atoms with van der Waals surface area (Å²) in [6.45, 7) is 1.11. The molecule has 0 heterocycles. The average molecular weight is 349 g/mol. The van der Waals surface area contributed by atoms with Crippen LogP contribution in [0.1, 0.15) is 48.9 Å². The summed E-state index contributed by atoms with van der Waals surface area (Å²) >= 11 is 0. The van der Waals surface area contributed by atoms with E-state index in [0.717, 1.165) is 25.7 Å². The van der Waals surface area contributed by atoms with Gasteiger partial charge in [0.15, 0.2) is 0 Å². The Morgan fingerprint density at radius 3 is 2.56 bits per heavy atom. The molecule has 25 heavy (non-hydrogen) atoms. The van der Waals surface area contributed by atoms with Gasteiger partial charge in [0.1, 0.15) is 11.3 Å². The highest BCUT2D eigenvalue weighted by atomic mass is 16.5. The molecular weight excluding hydrogens is 322 g/mol. The molecule has 1 saturated carbocycles. The Bertz CT molecular complexity index is 595. The predicted molar refractivity (Wildman–Crippen MR) is 94.0 cm³/mol. The number of carboxylic acids is 1. The number of rotatable bonds is 8. The van der Waals surface area contributed by atoms with Crippen LogP contribution in [-0.2, 0) is 9.53 Å². The van der Waals surface area contributed by atoms with Crippen molar-refractivity contribution in [2.24, 2.45) is 0 Å². The zero-order chi connectivity index (χ0) is 18.3. The summed E-state index contributed by atoms with van der Waals surface area (Å²) in [6.07, 6.45) is 4.42. The summed E-state index contributed by atoms with van der Waals surface area (Å²) in [5, 5.41) is 9.75. The molecule has 2 rings (SSSR count). The standard InChI is InChI=1S/C19H27NO5/c1-20(19(18(22)23)10-4-3-5-11-19)17(21)15-8-6-9-16(14-15)25-13-7-12-24-2/h6,8-9,14H,3-5,7,10-13H2,1-2H3,(H,22,23). The first-order valence-electron chi connectivity index (χ1n) is 8.74. The van der Waals surface area contributed by atoms with E-state index in [0.29, 0.717) is 37.4 Å². The summed E-state index contributed by atoms with van der Waals surface area (Å²) in [5.74, 6) is -0.606. The summed E-state index contributed by atoms with van der Waals surface area (Å²) in [6, 6.07) is 6.90. The Kier molecular flexibility index (Phi) is 6.82. The van der Waals surface area contributed by atoms with Crippen molar-refractivity contribution in [3.05, 3.63) is 29.8 Å². The highest BCUT2D eigenvalue weighted by Gasteiger charge is 2.45. The van der Waals surface area contributed by atoms with Gasteiger partial charge in [0.25, 0.3) is 5.91 Å². The molecular formula is C19H27NO5. The Morgan fingerprint density at radius 2 is 1.92 bits per heavy atom. The second-order valence-corrected chi connectivity index (χ2v) is 6.48. The molecule has 6 nitrogen and oxygen atoms in total. The van der Waals surface area contributed by atoms with Crippen LogP contribution in [0.5, 0.6) is 5.75 Å². The second kappa shape index (κ2) is 8.85. The molecule has 0 aromatic heterocycles. The van der Waals surface area contributed by atoms with E-state index < -0.39 is 11.5 Å². The quantitative estimate of drug-likeness (QED) is 0.730. The molecule has 1 fully saturated rings. The molecule has 0 spiro atoms. The van der Waals surface area contributed by atoms with Gasteiger partial charge in [0.2, 0.25) is 0 Å². The maximum Gasteiger partial charge on any atom is 0.329 e. The Labute approximate surface area is 148 Å². The van der Waals surface area contributed by atoms with Crippen LogP contribution in [-0.4, -0.2) is 54.8 Å². The SMILES string of the molecule is COCCCOc1cccc(C(=O)N(C)C2(C(=O)O)CCCCC2)c1. The summed E-state index contributed by atoms with van der Waals surface area (Å²) in [4.78, 5) is 26.2. The fourth-order valence-electron chi connectivity index (χ4n) is 3.33. The van der Waals surface area contributed by atoms with Crippen molar-refractivity contribution in [1.82, 2.24) is 4.90 Å². The van der Waals surface area contributed by atoms with Crippen molar-refractivity contribution in [2.45, 2.75) is 44.1 Å². The number of nitrogens with zero attached hydrogens (tertiary/aromatic N) is 1. The minimum Gasteiger partial charge on any atom is -0.493 e. The van der Waals surface area contributed by atoms with Gasteiger partial charge < -0.3 is 19.5 Å². The van der Waals surface area contributed by atoms with E-state index in [-0.39, 0.29) is 5.91 Å². The van der Waals surface area contributed by atoms with Gasteiger partial charge in [-0.15, -0.1) is 0 Å². The number of carbonyl (C=O) groups excluding carboxylic acids is 1. The predicted octanol–water partition coefficient (Wildman–Crippen LogP) is 2.96. The number of carbonyl (C=O) groups is 2. The molecule has 0 bridgehead atoms. The molecule has 1 amide bonds. The minimum atomic E-state index is -1.11. The average Bonchev–Trinajstić information content (AvgIpc) is 2.64. The second-order valence-electron chi connectivity index (χ2n) is 6.48. The number of likely N-dealkylation sites (N-methyl/N-ethyl adjacent to an activating group) is 1. The first-order valence-corrected chi connectivity index (χ1v) is 8.74. The number of hydrogen-bond donors (Lipinski definition) is 1. The smallest absolute Gasteiger partial charge is 0.329 e. The lowest BCUT2D eigenvalue weighted by Crippen LogP contribution is -2.56. The third kappa shape index (κ3) is 4.51. The number of hydrogen-bond acceptors (Lipinski definition) is 4. The van der Waals surface area contributed by atoms with E-state index in [1.807, 2.05) is 0 Å². The third-order valence-corrected chi connectivity index (χ3v) is 4.87. The van der Waals surface area contributed by atoms with E-state index in [1.54, 1.807) is 38.4 Å². The summed E-state index contributed by atoms with van der Waals surface area (Å²) in [7, 11) is 3.23. The monoisotopic (exact) mass is 349 g/mol. The van der Waals surface area contributed by atoms with Crippen molar-refractivity contribution in [1.29, 1.82) is 0 Å². The first kappa shape index (κ1) is 19.2. The first-order chi connectivity index (χ1) is 12.0. The number of methoxy groups -OCH3 is 1. The lowest BCUT2D eigenvalue weighted by molar-refractivity contribution is -0.151.